The molecule has 0 amide bonds. The molecule has 110 valence electrons. The number of hydrogen-bond acceptors (Lipinski definition) is 6. The summed E-state index contributed by atoms with van der Waals surface area (Å²) in [6, 6.07) is 2.66. The van der Waals surface area contributed by atoms with E-state index in [-0.39, 0.29) is 16.6 Å². The third-order valence-corrected chi connectivity index (χ3v) is 3.77. The first-order valence-corrected chi connectivity index (χ1v) is 7.40. The number of hydrogen-bond donors (Lipinski definition) is 1. The lowest BCUT2D eigenvalue weighted by Gasteiger charge is -2.10. The van der Waals surface area contributed by atoms with E-state index in [0.717, 1.165) is 0 Å². The molecule has 0 saturated heterocycles. The van der Waals surface area contributed by atoms with E-state index in [1.54, 1.807) is 7.05 Å². The maximum absolute atomic E-state index is 10.8. The lowest BCUT2D eigenvalue weighted by molar-refractivity contribution is -0.385. The van der Waals surface area contributed by atoms with Gasteiger partial charge in [-0.3, -0.25) is 10.1 Å². The Morgan fingerprint density at radius 1 is 1.38 bits per heavy atom. The maximum Gasteiger partial charge on any atom is 0.271 e. The molecule has 1 heterocycles. The van der Waals surface area contributed by atoms with Crippen LogP contribution < -0.4 is 10.1 Å². The third-order valence-electron chi connectivity index (χ3n) is 2.33. The Labute approximate surface area is 141 Å². The second-order valence-corrected chi connectivity index (χ2v) is 5.81. The highest BCUT2D eigenvalue weighted by atomic mass is 79.9. The van der Waals surface area contributed by atoms with Crippen LogP contribution in [0.1, 0.15) is 0 Å². The van der Waals surface area contributed by atoms with Crippen LogP contribution in [0.15, 0.2) is 27.3 Å². The summed E-state index contributed by atoms with van der Waals surface area (Å²) in [5.74, 6) is 0.790. The van der Waals surface area contributed by atoms with E-state index in [2.05, 4.69) is 47.1 Å². The van der Waals surface area contributed by atoms with Crippen LogP contribution in [0.3, 0.4) is 0 Å². The number of ether oxygens (including phenoxy) is 1. The number of non-ortho nitro benzene ring substituents is 1. The Hall–Kier alpha value is -1.45. The first-order valence-electron chi connectivity index (χ1n) is 5.44. The smallest absolute Gasteiger partial charge is 0.271 e. The van der Waals surface area contributed by atoms with Crippen LogP contribution in [-0.2, 0) is 0 Å². The lowest BCUT2D eigenvalue weighted by Crippen LogP contribution is -1.99. The van der Waals surface area contributed by atoms with E-state index in [4.69, 9.17) is 16.3 Å². The minimum absolute atomic E-state index is 0.0780. The molecule has 0 bridgehead atoms. The lowest BCUT2D eigenvalue weighted by atomic mass is 10.3. The number of nitrogens with zero attached hydrogens (tertiary/aromatic N) is 3. The van der Waals surface area contributed by atoms with Gasteiger partial charge in [0, 0.05) is 19.2 Å². The van der Waals surface area contributed by atoms with Crippen molar-refractivity contribution in [1.82, 2.24) is 9.97 Å². The molecule has 2 rings (SSSR count). The molecule has 1 aromatic carbocycles. The van der Waals surface area contributed by atoms with Crippen molar-refractivity contribution < 1.29 is 9.66 Å². The molecular weight excluding hydrogens is 431 g/mol. The minimum Gasteiger partial charge on any atom is -0.435 e. The Balaban J connectivity index is 2.42. The average Bonchev–Trinajstić information content (AvgIpc) is 2.44. The second kappa shape index (κ2) is 6.54. The van der Waals surface area contributed by atoms with E-state index >= 15 is 0 Å². The first-order chi connectivity index (χ1) is 9.92. The summed E-state index contributed by atoms with van der Waals surface area (Å²) in [7, 11) is 1.66. The molecule has 1 N–H and O–H groups in total. The number of halogens is 3. The van der Waals surface area contributed by atoms with Crippen molar-refractivity contribution in [3.63, 3.8) is 0 Å². The number of nitrogens with one attached hydrogen (secondary N) is 1. The zero-order chi connectivity index (χ0) is 15.6. The Bertz CT molecular complexity index is 691. The molecule has 0 fully saturated rings. The molecule has 1 aromatic heterocycles. The van der Waals surface area contributed by atoms with Gasteiger partial charge in [-0.25, -0.2) is 4.98 Å². The first kappa shape index (κ1) is 15.9. The van der Waals surface area contributed by atoms with Crippen LogP contribution in [0.25, 0.3) is 0 Å². The van der Waals surface area contributed by atoms with Crippen LogP contribution in [0.5, 0.6) is 11.6 Å². The summed E-state index contributed by atoms with van der Waals surface area (Å²) in [5.41, 5.74) is -0.0780. The third kappa shape index (κ3) is 3.60. The fourth-order valence-corrected chi connectivity index (χ4v) is 2.84. The number of anilines is 1. The zero-order valence-corrected chi connectivity index (χ0v) is 14.4. The Morgan fingerprint density at radius 3 is 2.52 bits per heavy atom. The van der Waals surface area contributed by atoms with Gasteiger partial charge in [-0.05, 0) is 31.9 Å². The predicted octanol–water partition coefficient (Wildman–Crippen LogP) is 4.40. The van der Waals surface area contributed by atoms with Gasteiger partial charge in [-0.1, -0.05) is 11.6 Å². The molecule has 0 spiro atoms. The van der Waals surface area contributed by atoms with Gasteiger partial charge in [0.15, 0.2) is 5.75 Å². The SMILES string of the molecule is CNc1ncc(Cl)c(Oc2c(Br)cc([N+](=O)[O-])cc2Br)n1. The van der Waals surface area contributed by atoms with Crippen LogP contribution in [0, 0.1) is 10.1 Å². The van der Waals surface area contributed by atoms with E-state index in [9.17, 15) is 10.1 Å². The number of nitro groups is 1. The fourth-order valence-electron chi connectivity index (χ4n) is 1.39. The van der Waals surface area contributed by atoms with E-state index in [1.807, 2.05) is 0 Å². The maximum atomic E-state index is 10.8. The van der Waals surface area contributed by atoms with E-state index in [0.29, 0.717) is 20.6 Å². The van der Waals surface area contributed by atoms with Gasteiger partial charge in [0.2, 0.25) is 11.8 Å². The molecule has 0 aliphatic carbocycles. The molecular formula is C11H7Br2ClN4O3. The summed E-state index contributed by atoms with van der Waals surface area (Å²) in [5, 5.41) is 13.8. The fraction of sp³-hybridized carbons (Fsp3) is 0.0909. The minimum atomic E-state index is -0.504. The predicted molar refractivity (Wildman–Crippen MR) is 85.2 cm³/mol. The monoisotopic (exact) mass is 436 g/mol. The van der Waals surface area contributed by atoms with Crippen LogP contribution in [0.4, 0.5) is 11.6 Å². The molecule has 21 heavy (non-hydrogen) atoms. The summed E-state index contributed by atoms with van der Waals surface area (Å²) in [6.45, 7) is 0. The van der Waals surface area contributed by atoms with Crippen LogP contribution >= 0.6 is 43.5 Å². The molecule has 0 atom stereocenters. The molecule has 7 nitrogen and oxygen atoms in total. The van der Waals surface area contributed by atoms with Gasteiger partial charge in [0.1, 0.15) is 5.02 Å². The zero-order valence-electron chi connectivity index (χ0n) is 10.4. The van der Waals surface area contributed by atoms with Crippen molar-refractivity contribution >= 4 is 55.1 Å². The van der Waals surface area contributed by atoms with E-state index < -0.39 is 4.92 Å². The summed E-state index contributed by atoms with van der Waals surface area (Å²) in [6.07, 6.45) is 1.39. The highest BCUT2D eigenvalue weighted by Crippen LogP contribution is 2.40. The molecule has 0 radical (unpaired) electrons. The van der Waals surface area contributed by atoms with Gasteiger partial charge in [0.05, 0.1) is 20.1 Å². The number of benzene rings is 1. The number of rotatable bonds is 4. The van der Waals surface area contributed by atoms with Crippen molar-refractivity contribution in [3.05, 3.63) is 42.4 Å². The van der Waals surface area contributed by atoms with Gasteiger partial charge in [-0.2, -0.15) is 4.98 Å². The molecule has 0 saturated carbocycles. The van der Waals surface area contributed by atoms with Crippen molar-refractivity contribution in [2.24, 2.45) is 0 Å². The van der Waals surface area contributed by atoms with Crippen LogP contribution in [-0.4, -0.2) is 21.9 Å². The highest BCUT2D eigenvalue weighted by Gasteiger charge is 2.17. The second-order valence-electron chi connectivity index (χ2n) is 3.69. The van der Waals surface area contributed by atoms with E-state index in [1.165, 1.54) is 18.3 Å². The normalized spacial score (nSPS) is 10.3. The van der Waals surface area contributed by atoms with Gasteiger partial charge < -0.3 is 10.1 Å². The van der Waals surface area contributed by atoms with Crippen molar-refractivity contribution in [2.45, 2.75) is 0 Å². The number of nitro benzene ring substituents is 1. The molecule has 2 aromatic rings. The summed E-state index contributed by atoms with van der Waals surface area (Å²) >= 11 is 12.4. The molecule has 10 heteroatoms. The Morgan fingerprint density at radius 2 is 2.00 bits per heavy atom. The largest absolute Gasteiger partial charge is 0.435 e. The van der Waals surface area contributed by atoms with Crippen molar-refractivity contribution in [2.75, 3.05) is 12.4 Å². The van der Waals surface area contributed by atoms with Gasteiger partial charge in [-0.15, -0.1) is 0 Å². The standard InChI is InChI=1S/C11H7Br2ClN4O3/c1-15-11-16-4-8(14)10(17-11)21-9-6(12)2-5(18(19)20)3-7(9)13/h2-4H,1H3,(H,15,16,17). The van der Waals surface area contributed by atoms with Gasteiger partial charge in [0.25, 0.3) is 5.69 Å². The van der Waals surface area contributed by atoms with Crippen molar-refractivity contribution in [3.8, 4) is 11.6 Å². The molecule has 0 aliphatic rings. The average molecular weight is 438 g/mol. The highest BCUT2D eigenvalue weighted by molar-refractivity contribution is 9.11. The molecule has 0 unspecified atom stereocenters. The topological polar surface area (TPSA) is 90.2 Å². The summed E-state index contributed by atoms with van der Waals surface area (Å²) in [4.78, 5) is 18.3. The van der Waals surface area contributed by atoms with Crippen molar-refractivity contribution in [1.29, 1.82) is 0 Å². The quantitative estimate of drug-likeness (QED) is 0.562. The summed E-state index contributed by atoms with van der Waals surface area (Å²) < 4.78 is 6.39. The van der Waals surface area contributed by atoms with Gasteiger partial charge >= 0.3 is 0 Å². The number of aromatic nitrogens is 2. The Kier molecular flexibility index (Phi) is 4.96. The van der Waals surface area contributed by atoms with Crippen LogP contribution in [0.2, 0.25) is 5.02 Å². The molecule has 0 aliphatic heterocycles.